The summed E-state index contributed by atoms with van der Waals surface area (Å²) in [4.78, 5) is 11.4. The van der Waals surface area contributed by atoms with Crippen LogP contribution in [0.3, 0.4) is 0 Å². The minimum absolute atomic E-state index is 0.0937. The summed E-state index contributed by atoms with van der Waals surface area (Å²) in [5, 5.41) is 68.7. The van der Waals surface area contributed by atoms with Crippen molar-refractivity contribution in [3.05, 3.63) is 23.5 Å². The molecule has 3 aliphatic rings. The molecular weight excluding hydrogens is 368 g/mol. The molecule has 1 aliphatic carbocycles. The highest BCUT2D eigenvalue weighted by atomic mass is 16.8. The second-order valence-electron chi connectivity index (χ2n) is 6.72. The number of hydrogen-bond acceptors (Lipinski definition) is 10. The van der Waals surface area contributed by atoms with Gasteiger partial charge < -0.3 is 50.0 Å². The van der Waals surface area contributed by atoms with Crippen molar-refractivity contribution in [3.63, 3.8) is 0 Å². The number of carboxylic acid groups (broad SMARTS) is 1. The normalized spacial score (nSPS) is 44.1. The molecule has 3 rings (SSSR count). The second kappa shape index (κ2) is 7.45. The van der Waals surface area contributed by atoms with Crippen LogP contribution in [0.15, 0.2) is 23.5 Å². The van der Waals surface area contributed by atoms with Crippen LogP contribution in [0.2, 0.25) is 0 Å². The summed E-state index contributed by atoms with van der Waals surface area (Å²) in [6.45, 7) is -1.15. The molecule has 0 saturated carbocycles. The Labute approximate surface area is 153 Å². The molecule has 1 fully saturated rings. The first-order valence-electron chi connectivity index (χ1n) is 8.32. The molecule has 0 bridgehead atoms. The Morgan fingerprint density at radius 2 is 1.89 bits per heavy atom. The maximum Gasteiger partial charge on any atom is 0.337 e. The average molecular weight is 390 g/mol. The molecule has 11 heteroatoms. The lowest BCUT2D eigenvalue weighted by Crippen LogP contribution is -2.61. The largest absolute Gasteiger partial charge is 0.478 e. The molecule has 1 saturated heterocycles. The predicted molar refractivity (Wildman–Crippen MR) is 83.7 cm³/mol. The van der Waals surface area contributed by atoms with Gasteiger partial charge in [-0.1, -0.05) is 6.08 Å². The van der Waals surface area contributed by atoms with E-state index in [9.17, 15) is 40.5 Å². The molecule has 0 aromatic carbocycles. The Hall–Kier alpha value is -1.57. The lowest BCUT2D eigenvalue weighted by molar-refractivity contribution is -0.343. The zero-order valence-electron chi connectivity index (χ0n) is 14.1. The van der Waals surface area contributed by atoms with Gasteiger partial charge in [0, 0.05) is 0 Å². The van der Waals surface area contributed by atoms with Crippen molar-refractivity contribution in [2.75, 3.05) is 13.2 Å². The van der Waals surface area contributed by atoms with E-state index in [1.165, 1.54) is 6.08 Å². The quantitative estimate of drug-likeness (QED) is 0.234. The maximum atomic E-state index is 11.4. The molecule has 2 aliphatic heterocycles. The number of aliphatic hydroxyl groups excluding tert-OH is 5. The highest BCUT2D eigenvalue weighted by molar-refractivity contribution is 5.89. The van der Waals surface area contributed by atoms with Crippen molar-refractivity contribution in [2.24, 2.45) is 5.92 Å². The summed E-state index contributed by atoms with van der Waals surface area (Å²) >= 11 is 0. The molecule has 8 atom stereocenters. The first-order valence-corrected chi connectivity index (χ1v) is 8.32. The van der Waals surface area contributed by atoms with Gasteiger partial charge >= 0.3 is 5.97 Å². The van der Waals surface area contributed by atoms with Crippen LogP contribution in [0.5, 0.6) is 0 Å². The van der Waals surface area contributed by atoms with Gasteiger partial charge in [0.15, 0.2) is 6.29 Å². The van der Waals surface area contributed by atoms with Crippen molar-refractivity contribution >= 4 is 5.97 Å². The maximum absolute atomic E-state index is 11.4. The van der Waals surface area contributed by atoms with Gasteiger partial charge in [-0.25, -0.2) is 4.79 Å². The van der Waals surface area contributed by atoms with Gasteiger partial charge in [-0.3, -0.25) is 0 Å². The van der Waals surface area contributed by atoms with Gasteiger partial charge in [0.25, 0.3) is 0 Å². The lowest BCUT2D eigenvalue weighted by atomic mass is 9.79. The van der Waals surface area contributed by atoms with E-state index in [1.54, 1.807) is 0 Å². The van der Waals surface area contributed by atoms with Crippen LogP contribution in [0.25, 0.3) is 0 Å². The fourth-order valence-electron chi connectivity index (χ4n) is 3.66. The van der Waals surface area contributed by atoms with Crippen molar-refractivity contribution < 1.29 is 54.8 Å². The van der Waals surface area contributed by atoms with E-state index in [0.29, 0.717) is 0 Å². The fraction of sp³-hybridized carbons (Fsp3) is 0.688. The number of aliphatic carboxylic acids is 1. The van der Waals surface area contributed by atoms with Crippen LogP contribution < -0.4 is 0 Å². The smallest absolute Gasteiger partial charge is 0.337 e. The Balaban J connectivity index is 1.86. The van der Waals surface area contributed by atoms with Gasteiger partial charge in [-0.05, 0) is 12.0 Å². The van der Waals surface area contributed by atoms with E-state index in [4.69, 9.17) is 14.2 Å². The van der Waals surface area contributed by atoms with E-state index in [0.717, 1.165) is 6.26 Å². The second-order valence-corrected chi connectivity index (χ2v) is 6.72. The number of carbonyl (C=O) groups is 1. The summed E-state index contributed by atoms with van der Waals surface area (Å²) in [6.07, 6.45) is -6.87. The molecule has 27 heavy (non-hydrogen) atoms. The Morgan fingerprint density at radius 1 is 1.19 bits per heavy atom. The monoisotopic (exact) mass is 390 g/mol. The minimum Gasteiger partial charge on any atom is -0.478 e. The first kappa shape index (κ1) is 20.2. The Bertz CT molecular complexity index is 644. The third-order valence-corrected chi connectivity index (χ3v) is 5.18. The van der Waals surface area contributed by atoms with Crippen molar-refractivity contribution in [3.8, 4) is 0 Å². The van der Waals surface area contributed by atoms with E-state index >= 15 is 0 Å². The first-order chi connectivity index (χ1) is 12.7. The van der Waals surface area contributed by atoms with Gasteiger partial charge in [0.1, 0.15) is 35.6 Å². The molecule has 0 unspecified atom stereocenters. The van der Waals surface area contributed by atoms with Crippen LogP contribution in [0.1, 0.15) is 6.42 Å². The summed E-state index contributed by atoms with van der Waals surface area (Å²) in [5.74, 6) is -2.51. The number of carboxylic acids is 1. The van der Waals surface area contributed by atoms with Gasteiger partial charge in [-0.2, -0.15) is 0 Å². The molecule has 0 aromatic rings. The van der Waals surface area contributed by atoms with Crippen LogP contribution >= 0.6 is 0 Å². The van der Waals surface area contributed by atoms with Gasteiger partial charge in [0.05, 0.1) is 25.4 Å². The standard InChI is InChI=1S/C16H22O11/c17-3-6-1-2-16(24)7(13(22)23)5-25-14(9(6)16)27-15-12(21)11(20)10(19)8(4-18)26-15/h1,5,8-12,14-15,17-21,24H,2-4H2,(H,22,23)/t8-,9+,10+,11+,12-,14+,15-,16+/m1/s1. The average Bonchev–Trinajstić information content (AvgIpc) is 2.99. The molecule has 152 valence electrons. The SMILES string of the molecule is O=C(O)C1=CO[C@@H](O[C@H]2O[C@H](CO)[C@H](O)[C@H](O)[C@H]2O)[C@@H]2C(CO)=CC[C@]12O. The molecule has 2 heterocycles. The molecule has 0 amide bonds. The minimum atomic E-state index is -1.90. The molecule has 11 nitrogen and oxygen atoms in total. The summed E-state index contributed by atoms with van der Waals surface area (Å²) in [7, 11) is 0. The molecule has 7 N–H and O–H groups in total. The van der Waals surface area contributed by atoms with E-state index in [2.05, 4.69) is 0 Å². The van der Waals surface area contributed by atoms with E-state index in [1.807, 2.05) is 0 Å². The Morgan fingerprint density at radius 3 is 2.48 bits per heavy atom. The number of aliphatic hydroxyl groups is 6. The molecule has 0 aromatic heterocycles. The molecule has 0 spiro atoms. The van der Waals surface area contributed by atoms with Crippen LogP contribution in [0.4, 0.5) is 0 Å². The van der Waals surface area contributed by atoms with Gasteiger partial charge in [-0.15, -0.1) is 0 Å². The number of hydrogen-bond donors (Lipinski definition) is 7. The van der Waals surface area contributed by atoms with Crippen LogP contribution in [-0.4, -0.2) is 97.5 Å². The number of fused-ring (bicyclic) bond motifs is 1. The Kier molecular flexibility index (Phi) is 5.57. The van der Waals surface area contributed by atoms with Crippen molar-refractivity contribution in [2.45, 2.75) is 49.0 Å². The third-order valence-electron chi connectivity index (χ3n) is 5.18. The topological polar surface area (TPSA) is 186 Å². The highest BCUT2D eigenvalue weighted by Gasteiger charge is 2.56. The van der Waals surface area contributed by atoms with Gasteiger partial charge in [0.2, 0.25) is 6.29 Å². The van der Waals surface area contributed by atoms with E-state index in [-0.39, 0.29) is 12.0 Å². The predicted octanol–water partition coefficient (Wildman–Crippen LogP) is -3.20. The van der Waals surface area contributed by atoms with Crippen LogP contribution in [-0.2, 0) is 19.0 Å². The lowest BCUT2D eigenvalue weighted by Gasteiger charge is -2.44. The summed E-state index contributed by atoms with van der Waals surface area (Å²) < 4.78 is 16.0. The number of ether oxygens (including phenoxy) is 3. The third kappa shape index (κ3) is 3.26. The molecular formula is C16H22O11. The number of rotatable bonds is 5. The summed E-state index contributed by atoms with van der Waals surface area (Å²) in [6, 6.07) is 0. The van der Waals surface area contributed by atoms with E-state index < -0.39 is 73.3 Å². The van der Waals surface area contributed by atoms with Crippen LogP contribution in [0, 0.1) is 5.92 Å². The fourth-order valence-corrected chi connectivity index (χ4v) is 3.66. The zero-order chi connectivity index (χ0) is 19.9. The highest BCUT2D eigenvalue weighted by Crippen LogP contribution is 2.47. The summed E-state index contributed by atoms with van der Waals surface area (Å²) in [5.41, 5.74) is -2.04. The van der Waals surface area contributed by atoms with Crippen molar-refractivity contribution in [1.29, 1.82) is 0 Å². The molecule has 0 radical (unpaired) electrons. The zero-order valence-corrected chi connectivity index (χ0v) is 14.1. The van der Waals surface area contributed by atoms with Crippen molar-refractivity contribution in [1.82, 2.24) is 0 Å².